The molecule has 0 unspecified atom stereocenters. The number of halogens is 2. The van der Waals surface area contributed by atoms with Gasteiger partial charge in [-0.25, -0.2) is 4.98 Å². The summed E-state index contributed by atoms with van der Waals surface area (Å²) in [5.74, 6) is 0.830. The number of nitrogens with two attached hydrogens (primary N) is 1. The van der Waals surface area contributed by atoms with Crippen LogP contribution in [0.3, 0.4) is 0 Å². The highest BCUT2D eigenvalue weighted by molar-refractivity contribution is 9.10. The molecule has 2 N–H and O–H groups in total. The Morgan fingerprint density at radius 2 is 2.00 bits per heavy atom. The van der Waals surface area contributed by atoms with E-state index in [2.05, 4.69) is 20.9 Å². The number of imidazole rings is 1. The molecule has 5 heteroatoms. The van der Waals surface area contributed by atoms with Gasteiger partial charge in [-0.15, -0.1) is 0 Å². The van der Waals surface area contributed by atoms with Crippen molar-refractivity contribution in [3.63, 3.8) is 0 Å². The van der Waals surface area contributed by atoms with Gasteiger partial charge in [-0.05, 0) is 36.4 Å². The van der Waals surface area contributed by atoms with Crippen LogP contribution in [0.5, 0.6) is 0 Å². The Labute approximate surface area is 124 Å². The van der Waals surface area contributed by atoms with E-state index in [-0.39, 0.29) is 0 Å². The van der Waals surface area contributed by atoms with E-state index >= 15 is 0 Å². The lowest BCUT2D eigenvalue weighted by molar-refractivity contribution is 0.960. The molecule has 96 valence electrons. The normalized spacial score (nSPS) is 11.1. The standard InChI is InChI=1S/C14H11BrClN3/c1-19-13-5-3-9(16)7-12(13)18-14(19)10-6-8(15)2-4-11(10)17/h2-7H,17H2,1H3. The summed E-state index contributed by atoms with van der Waals surface area (Å²) in [6.07, 6.45) is 0. The van der Waals surface area contributed by atoms with Crippen molar-refractivity contribution < 1.29 is 0 Å². The van der Waals surface area contributed by atoms with E-state index < -0.39 is 0 Å². The largest absolute Gasteiger partial charge is 0.398 e. The van der Waals surface area contributed by atoms with E-state index in [0.29, 0.717) is 10.7 Å². The average Bonchev–Trinajstić information content (AvgIpc) is 2.69. The molecular weight excluding hydrogens is 326 g/mol. The highest BCUT2D eigenvalue weighted by atomic mass is 79.9. The Balaban J connectivity index is 2.30. The highest BCUT2D eigenvalue weighted by Crippen LogP contribution is 2.31. The molecule has 0 bridgehead atoms. The quantitative estimate of drug-likeness (QED) is 0.676. The lowest BCUT2D eigenvalue weighted by atomic mass is 10.2. The number of rotatable bonds is 1. The van der Waals surface area contributed by atoms with Crippen LogP contribution in [0.2, 0.25) is 5.02 Å². The van der Waals surface area contributed by atoms with Crippen molar-refractivity contribution >= 4 is 44.3 Å². The van der Waals surface area contributed by atoms with Crippen molar-refractivity contribution in [2.75, 3.05) is 5.73 Å². The van der Waals surface area contributed by atoms with Gasteiger partial charge in [-0.2, -0.15) is 0 Å². The summed E-state index contributed by atoms with van der Waals surface area (Å²) >= 11 is 9.46. The molecule has 0 aliphatic carbocycles. The number of fused-ring (bicyclic) bond motifs is 1. The predicted octanol–water partition coefficient (Wildman–Crippen LogP) is 4.24. The minimum atomic E-state index is 0.680. The number of benzene rings is 2. The van der Waals surface area contributed by atoms with Crippen LogP contribution >= 0.6 is 27.5 Å². The number of aromatic nitrogens is 2. The van der Waals surface area contributed by atoms with Crippen molar-refractivity contribution in [3.8, 4) is 11.4 Å². The molecule has 3 aromatic rings. The maximum atomic E-state index is 6.04. The van der Waals surface area contributed by atoms with Gasteiger partial charge in [0.05, 0.1) is 11.0 Å². The van der Waals surface area contributed by atoms with Crippen LogP contribution in [0, 0.1) is 0 Å². The Kier molecular flexibility index (Phi) is 2.99. The third-order valence-corrected chi connectivity index (χ3v) is 3.83. The first-order chi connectivity index (χ1) is 9.06. The van der Waals surface area contributed by atoms with Gasteiger partial charge in [-0.1, -0.05) is 27.5 Å². The monoisotopic (exact) mass is 335 g/mol. The van der Waals surface area contributed by atoms with Gasteiger partial charge in [0.25, 0.3) is 0 Å². The first-order valence-electron chi connectivity index (χ1n) is 5.73. The molecule has 2 aromatic carbocycles. The molecule has 0 aliphatic heterocycles. The molecule has 0 aliphatic rings. The van der Waals surface area contributed by atoms with Gasteiger partial charge >= 0.3 is 0 Å². The van der Waals surface area contributed by atoms with E-state index in [1.165, 1.54) is 0 Å². The number of hydrogen-bond donors (Lipinski definition) is 1. The second-order valence-corrected chi connectivity index (χ2v) is 5.71. The molecule has 0 radical (unpaired) electrons. The lowest BCUT2D eigenvalue weighted by Crippen LogP contribution is -1.96. The van der Waals surface area contributed by atoms with Crippen molar-refractivity contribution in [1.82, 2.24) is 9.55 Å². The fraction of sp³-hybridized carbons (Fsp3) is 0.0714. The number of aryl methyl sites for hydroxylation is 1. The first-order valence-corrected chi connectivity index (χ1v) is 6.91. The van der Waals surface area contributed by atoms with Crippen molar-refractivity contribution in [2.45, 2.75) is 0 Å². The molecule has 0 amide bonds. The maximum Gasteiger partial charge on any atom is 0.142 e. The van der Waals surface area contributed by atoms with Crippen molar-refractivity contribution in [3.05, 3.63) is 45.9 Å². The number of anilines is 1. The van der Waals surface area contributed by atoms with Gasteiger partial charge in [0.15, 0.2) is 0 Å². The van der Waals surface area contributed by atoms with Gasteiger partial charge < -0.3 is 10.3 Å². The predicted molar refractivity (Wildman–Crippen MR) is 83.3 cm³/mol. The molecule has 1 aromatic heterocycles. The topological polar surface area (TPSA) is 43.8 Å². The number of hydrogen-bond acceptors (Lipinski definition) is 2. The second kappa shape index (κ2) is 4.54. The summed E-state index contributed by atoms with van der Waals surface area (Å²) in [6, 6.07) is 11.4. The van der Waals surface area contributed by atoms with Gasteiger partial charge in [-0.3, -0.25) is 0 Å². The molecule has 3 nitrogen and oxygen atoms in total. The maximum absolute atomic E-state index is 6.04. The lowest BCUT2D eigenvalue weighted by Gasteiger charge is -2.06. The van der Waals surface area contributed by atoms with Crippen LogP contribution < -0.4 is 5.73 Å². The third-order valence-electron chi connectivity index (χ3n) is 3.10. The van der Waals surface area contributed by atoms with Crippen molar-refractivity contribution in [2.24, 2.45) is 7.05 Å². The molecule has 3 rings (SSSR count). The fourth-order valence-electron chi connectivity index (χ4n) is 2.14. The minimum absolute atomic E-state index is 0.680. The molecule has 0 atom stereocenters. The zero-order valence-corrected chi connectivity index (χ0v) is 12.5. The van der Waals surface area contributed by atoms with Gasteiger partial charge in [0.1, 0.15) is 5.82 Å². The Hall–Kier alpha value is -1.52. The Bertz CT molecular complexity index is 780. The first kappa shape index (κ1) is 12.5. The van der Waals surface area contributed by atoms with E-state index in [0.717, 1.165) is 26.9 Å². The number of nitrogens with zero attached hydrogens (tertiary/aromatic N) is 2. The zero-order chi connectivity index (χ0) is 13.6. The molecule has 1 heterocycles. The van der Waals surface area contributed by atoms with Gasteiger partial charge in [0.2, 0.25) is 0 Å². The molecule has 0 saturated heterocycles. The third kappa shape index (κ3) is 2.11. The average molecular weight is 337 g/mol. The van der Waals surface area contributed by atoms with Crippen molar-refractivity contribution in [1.29, 1.82) is 0 Å². The zero-order valence-electron chi connectivity index (χ0n) is 10.2. The smallest absolute Gasteiger partial charge is 0.142 e. The summed E-state index contributed by atoms with van der Waals surface area (Å²) < 4.78 is 2.99. The SMILES string of the molecule is Cn1c(-c2cc(Br)ccc2N)nc2cc(Cl)ccc21. The highest BCUT2D eigenvalue weighted by Gasteiger charge is 2.12. The molecule has 0 fully saturated rings. The Morgan fingerprint density at radius 3 is 2.79 bits per heavy atom. The van der Waals surface area contributed by atoms with Crippen LogP contribution in [-0.4, -0.2) is 9.55 Å². The summed E-state index contributed by atoms with van der Waals surface area (Å²) in [5, 5.41) is 0.680. The summed E-state index contributed by atoms with van der Waals surface area (Å²) in [5.41, 5.74) is 9.54. The number of nitrogen functional groups attached to an aromatic ring is 1. The van der Waals surface area contributed by atoms with E-state index in [1.807, 2.05) is 48.0 Å². The van der Waals surface area contributed by atoms with E-state index in [1.54, 1.807) is 0 Å². The molecule has 19 heavy (non-hydrogen) atoms. The minimum Gasteiger partial charge on any atom is -0.398 e. The van der Waals surface area contributed by atoms with Crippen LogP contribution in [0.25, 0.3) is 22.4 Å². The molecular formula is C14H11BrClN3. The van der Waals surface area contributed by atoms with Crippen LogP contribution in [0.15, 0.2) is 40.9 Å². The summed E-state index contributed by atoms with van der Waals surface area (Å²) in [4.78, 5) is 4.62. The summed E-state index contributed by atoms with van der Waals surface area (Å²) in [7, 11) is 1.97. The second-order valence-electron chi connectivity index (χ2n) is 4.36. The van der Waals surface area contributed by atoms with Crippen LogP contribution in [0.1, 0.15) is 0 Å². The van der Waals surface area contributed by atoms with E-state index in [4.69, 9.17) is 17.3 Å². The fourth-order valence-corrected chi connectivity index (χ4v) is 2.66. The van der Waals surface area contributed by atoms with Crippen LogP contribution in [0.4, 0.5) is 5.69 Å². The van der Waals surface area contributed by atoms with Crippen LogP contribution in [-0.2, 0) is 7.05 Å². The summed E-state index contributed by atoms with van der Waals surface area (Å²) in [6.45, 7) is 0. The molecule has 0 saturated carbocycles. The van der Waals surface area contributed by atoms with Gasteiger partial charge in [0, 0.05) is 27.8 Å². The van der Waals surface area contributed by atoms with E-state index in [9.17, 15) is 0 Å². The molecule has 0 spiro atoms. The Morgan fingerprint density at radius 1 is 1.21 bits per heavy atom.